The van der Waals surface area contributed by atoms with Gasteiger partial charge in [0.05, 0.1) is 5.69 Å². The standard InChI is InChI=1S/C19H18F2N6O/c20-14-3-4-16(15(21)11-14)24-19(28)27-9-7-26(8-10-27)18-12-17(22-13-23-18)25-5-1-2-6-25/h1-6,11-13H,7-10H2,(H,24,28). The summed E-state index contributed by atoms with van der Waals surface area (Å²) in [6.07, 6.45) is 5.33. The van der Waals surface area contributed by atoms with Gasteiger partial charge in [0.1, 0.15) is 29.6 Å². The second-order valence-electron chi connectivity index (χ2n) is 6.35. The molecular formula is C19H18F2N6O. The minimum atomic E-state index is -0.800. The highest BCUT2D eigenvalue weighted by molar-refractivity contribution is 5.89. The number of nitrogens with zero attached hydrogens (tertiary/aromatic N) is 5. The molecule has 1 aliphatic heterocycles. The molecule has 0 unspecified atom stereocenters. The van der Waals surface area contributed by atoms with Crippen molar-refractivity contribution < 1.29 is 13.6 Å². The Balaban J connectivity index is 1.38. The highest BCUT2D eigenvalue weighted by Crippen LogP contribution is 2.18. The van der Waals surface area contributed by atoms with Crippen LogP contribution >= 0.6 is 0 Å². The topological polar surface area (TPSA) is 66.3 Å². The van der Waals surface area contributed by atoms with Crippen molar-refractivity contribution in [2.24, 2.45) is 0 Å². The number of hydrogen-bond acceptors (Lipinski definition) is 4. The van der Waals surface area contributed by atoms with Gasteiger partial charge in [-0.3, -0.25) is 0 Å². The summed E-state index contributed by atoms with van der Waals surface area (Å²) < 4.78 is 28.6. The van der Waals surface area contributed by atoms with Gasteiger partial charge in [-0.15, -0.1) is 0 Å². The summed E-state index contributed by atoms with van der Waals surface area (Å²) in [6, 6.07) is 8.37. The predicted octanol–water partition coefficient (Wildman–Crippen LogP) is 2.90. The molecule has 4 rings (SSSR count). The maximum Gasteiger partial charge on any atom is 0.322 e. The Morgan fingerprint density at radius 1 is 0.964 bits per heavy atom. The highest BCUT2D eigenvalue weighted by Gasteiger charge is 2.23. The van der Waals surface area contributed by atoms with Crippen LogP contribution < -0.4 is 10.2 Å². The summed E-state index contributed by atoms with van der Waals surface area (Å²) in [6.45, 7) is 2.08. The quantitative estimate of drug-likeness (QED) is 0.754. The molecule has 28 heavy (non-hydrogen) atoms. The number of hydrogen-bond donors (Lipinski definition) is 1. The lowest BCUT2D eigenvalue weighted by atomic mass is 10.3. The molecule has 2 amide bonds. The Labute approximate surface area is 160 Å². The maximum absolute atomic E-state index is 13.7. The number of rotatable bonds is 3. The average molecular weight is 384 g/mol. The van der Waals surface area contributed by atoms with Crippen LogP contribution in [-0.2, 0) is 0 Å². The van der Waals surface area contributed by atoms with Crippen LogP contribution in [0.2, 0.25) is 0 Å². The van der Waals surface area contributed by atoms with Gasteiger partial charge in [-0.25, -0.2) is 23.5 Å². The van der Waals surface area contributed by atoms with E-state index in [1.165, 1.54) is 12.4 Å². The second-order valence-corrected chi connectivity index (χ2v) is 6.35. The first-order valence-electron chi connectivity index (χ1n) is 8.81. The third-order valence-electron chi connectivity index (χ3n) is 4.57. The van der Waals surface area contributed by atoms with Crippen LogP contribution in [0.25, 0.3) is 5.82 Å². The van der Waals surface area contributed by atoms with Gasteiger partial charge < -0.3 is 19.7 Å². The lowest BCUT2D eigenvalue weighted by Gasteiger charge is -2.35. The van der Waals surface area contributed by atoms with Gasteiger partial charge in [0.2, 0.25) is 0 Å². The number of piperazine rings is 1. The maximum atomic E-state index is 13.7. The zero-order valence-corrected chi connectivity index (χ0v) is 14.9. The van der Waals surface area contributed by atoms with Gasteiger partial charge >= 0.3 is 6.03 Å². The molecule has 1 aromatic carbocycles. The number of halogens is 2. The number of carbonyl (C=O) groups excluding carboxylic acids is 1. The fourth-order valence-corrected chi connectivity index (χ4v) is 3.06. The molecule has 1 saturated heterocycles. The van der Waals surface area contributed by atoms with Gasteiger partial charge in [0, 0.05) is 50.7 Å². The number of nitrogens with one attached hydrogen (secondary N) is 1. The van der Waals surface area contributed by atoms with Gasteiger partial charge in [0.15, 0.2) is 0 Å². The molecule has 9 heteroatoms. The van der Waals surface area contributed by atoms with Crippen LogP contribution in [0.1, 0.15) is 0 Å². The number of aromatic nitrogens is 3. The number of urea groups is 1. The third kappa shape index (κ3) is 3.78. The first-order chi connectivity index (χ1) is 13.6. The summed E-state index contributed by atoms with van der Waals surface area (Å²) in [5.41, 5.74) is -0.0407. The van der Waals surface area contributed by atoms with Crippen molar-refractivity contribution in [1.29, 1.82) is 0 Å². The Morgan fingerprint density at radius 2 is 1.68 bits per heavy atom. The van der Waals surface area contributed by atoms with Crippen LogP contribution in [0.15, 0.2) is 55.1 Å². The van der Waals surface area contributed by atoms with E-state index in [4.69, 9.17) is 0 Å². The van der Waals surface area contributed by atoms with Crippen LogP contribution in [0, 0.1) is 11.6 Å². The van der Waals surface area contributed by atoms with Crippen molar-refractivity contribution >= 4 is 17.5 Å². The van der Waals surface area contributed by atoms with E-state index >= 15 is 0 Å². The smallest absolute Gasteiger partial charge is 0.322 e. The van der Waals surface area contributed by atoms with Gasteiger partial charge in [0.25, 0.3) is 0 Å². The highest BCUT2D eigenvalue weighted by atomic mass is 19.1. The summed E-state index contributed by atoms with van der Waals surface area (Å²) in [5.74, 6) is 0.0593. The molecule has 3 aromatic rings. The number of benzene rings is 1. The van der Waals surface area contributed by atoms with E-state index in [1.54, 1.807) is 4.90 Å². The molecule has 3 heterocycles. The predicted molar refractivity (Wildman–Crippen MR) is 101 cm³/mol. The van der Waals surface area contributed by atoms with Crippen molar-refractivity contribution in [3.63, 3.8) is 0 Å². The first-order valence-corrected chi connectivity index (χ1v) is 8.81. The van der Waals surface area contributed by atoms with E-state index < -0.39 is 17.7 Å². The Hall–Kier alpha value is -3.49. The van der Waals surface area contributed by atoms with Crippen LogP contribution in [0.5, 0.6) is 0 Å². The molecule has 1 N–H and O–H groups in total. The minimum Gasteiger partial charge on any atom is -0.353 e. The van der Waals surface area contributed by atoms with E-state index in [-0.39, 0.29) is 5.69 Å². The Bertz CT molecular complexity index is 970. The SMILES string of the molecule is O=C(Nc1ccc(F)cc1F)N1CCN(c2cc(-n3cccc3)ncn2)CC1. The molecule has 0 radical (unpaired) electrons. The first kappa shape index (κ1) is 17.9. The molecule has 1 aliphatic rings. The molecule has 1 fully saturated rings. The summed E-state index contributed by atoms with van der Waals surface area (Å²) in [7, 11) is 0. The lowest BCUT2D eigenvalue weighted by molar-refractivity contribution is 0.208. The van der Waals surface area contributed by atoms with E-state index in [9.17, 15) is 13.6 Å². The largest absolute Gasteiger partial charge is 0.353 e. The molecule has 144 valence electrons. The minimum absolute atomic E-state index is 0.0407. The van der Waals surface area contributed by atoms with Gasteiger partial charge in [-0.2, -0.15) is 0 Å². The van der Waals surface area contributed by atoms with Crippen molar-refractivity contribution in [3.05, 3.63) is 66.8 Å². The zero-order valence-electron chi connectivity index (χ0n) is 14.9. The Kier molecular flexibility index (Phi) is 4.88. The molecule has 2 aromatic heterocycles. The Morgan fingerprint density at radius 3 is 2.39 bits per heavy atom. The van der Waals surface area contributed by atoms with E-state index in [2.05, 4.69) is 20.2 Å². The average Bonchev–Trinajstić information content (AvgIpc) is 3.25. The number of anilines is 2. The number of carbonyl (C=O) groups is 1. The van der Waals surface area contributed by atoms with E-state index in [0.717, 1.165) is 23.8 Å². The van der Waals surface area contributed by atoms with Gasteiger partial charge in [-0.05, 0) is 24.3 Å². The van der Waals surface area contributed by atoms with Crippen LogP contribution in [0.4, 0.5) is 25.1 Å². The third-order valence-corrected chi connectivity index (χ3v) is 4.57. The molecule has 0 bridgehead atoms. The summed E-state index contributed by atoms with van der Waals surface area (Å²) in [5, 5.41) is 2.49. The van der Waals surface area contributed by atoms with Crippen molar-refractivity contribution in [2.45, 2.75) is 0 Å². The molecule has 0 spiro atoms. The van der Waals surface area contributed by atoms with Crippen LogP contribution in [-0.4, -0.2) is 51.6 Å². The van der Waals surface area contributed by atoms with Gasteiger partial charge in [-0.1, -0.05) is 0 Å². The molecule has 0 atom stereocenters. The summed E-state index contributed by atoms with van der Waals surface area (Å²) >= 11 is 0. The van der Waals surface area contributed by atoms with E-state index in [0.29, 0.717) is 26.2 Å². The molecular weight excluding hydrogens is 366 g/mol. The van der Waals surface area contributed by atoms with Crippen molar-refractivity contribution in [3.8, 4) is 5.82 Å². The van der Waals surface area contributed by atoms with Crippen LogP contribution in [0.3, 0.4) is 0 Å². The fraction of sp³-hybridized carbons (Fsp3) is 0.211. The lowest BCUT2D eigenvalue weighted by Crippen LogP contribution is -2.50. The fourth-order valence-electron chi connectivity index (χ4n) is 3.06. The van der Waals surface area contributed by atoms with E-state index in [1.807, 2.05) is 35.2 Å². The zero-order chi connectivity index (χ0) is 19.5. The van der Waals surface area contributed by atoms with Crippen molar-refractivity contribution in [1.82, 2.24) is 19.4 Å². The molecule has 7 nitrogen and oxygen atoms in total. The normalized spacial score (nSPS) is 14.2. The molecule has 0 aliphatic carbocycles. The van der Waals surface area contributed by atoms with Crippen molar-refractivity contribution in [2.75, 3.05) is 36.4 Å². The second kappa shape index (κ2) is 7.63. The monoisotopic (exact) mass is 384 g/mol. The summed E-state index contributed by atoms with van der Waals surface area (Å²) in [4.78, 5) is 24.6. The molecule has 0 saturated carbocycles. The number of amides is 2.